The van der Waals surface area contributed by atoms with Crippen molar-refractivity contribution in [3.05, 3.63) is 87.2 Å². The lowest BCUT2D eigenvalue weighted by Gasteiger charge is -2.12. The molecular weight excluding hydrogens is 386 g/mol. The minimum Gasteiger partial charge on any atom is -0.378 e. The smallest absolute Gasteiger partial charge is 0.258 e. The number of rotatable bonds is 5. The Morgan fingerprint density at radius 3 is 2.85 bits per heavy atom. The highest BCUT2D eigenvalue weighted by Crippen LogP contribution is 2.35. The molecule has 2 heterocycles. The lowest BCUT2D eigenvalue weighted by atomic mass is 10.3. The fourth-order valence-electron chi connectivity index (χ4n) is 2.51. The molecule has 0 radical (unpaired) electrons. The maximum Gasteiger partial charge on any atom is 0.258 e. The summed E-state index contributed by atoms with van der Waals surface area (Å²) >= 11 is 9.28. The highest BCUT2D eigenvalue weighted by Gasteiger charge is 2.08. The number of aromatic nitrogens is 2. The second-order valence-corrected chi connectivity index (χ2v) is 7.98. The molecule has 4 nitrogen and oxygen atoms in total. The Morgan fingerprint density at radius 1 is 1.15 bits per heavy atom. The largest absolute Gasteiger partial charge is 0.378 e. The van der Waals surface area contributed by atoms with Gasteiger partial charge in [-0.25, -0.2) is 4.98 Å². The molecule has 0 aliphatic heterocycles. The molecule has 130 valence electrons. The number of hydrogen-bond donors (Lipinski definition) is 1. The molecule has 7 heteroatoms. The van der Waals surface area contributed by atoms with E-state index in [9.17, 15) is 4.79 Å². The van der Waals surface area contributed by atoms with Crippen LogP contribution in [0.5, 0.6) is 0 Å². The topological polar surface area (TPSA) is 46.4 Å². The molecule has 1 N–H and O–H groups in total. The maximum atomic E-state index is 12.1. The highest BCUT2D eigenvalue weighted by molar-refractivity contribution is 7.99. The second kappa shape index (κ2) is 7.53. The molecule has 0 saturated heterocycles. The van der Waals surface area contributed by atoms with Crippen molar-refractivity contribution in [3.63, 3.8) is 0 Å². The van der Waals surface area contributed by atoms with Crippen LogP contribution in [0, 0.1) is 0 Å². The summed E-state index contributed by atoms with van der Waals surface area (Å²) in [4.78, 5) is 19.5. The minimum absolute atomic E-state index is 0.0713. The normalized spacial score (nSPS) is 11.0. The highest BCUT2D eigenvalue weighted by atomic mass is 35.5. The number of nitrogens with zero attached hydrogens (tertiary/aromatic N) is 2. The van der Waals surface area contributed by atoms with Crippen LogP contribution in [0.15, 0.2) is 80.8 Å². The number of thiazole rings is 1. The summed E-state index contributed by atoms with van der Waals surface area (Å²) in [5.74, 6) is 0. The summed E-state index contributed by atoms with van der Waals surface area (Å²) < 4.78 is 1.55. The summed E-state index contributed by atoms with van der Waals surface area (Å²) in [6.45, 7) is 0.451. The van der Waals surface area contributed by atoms with Gasteiger partial charge in [0.25, 0.3) is 5.56 Å². The van der Waals surface area contributed by atoms with Gasteiger partial charge >= 0.3 is 0 Å². The molecule has 0 atom stereocenters. The average molecular weight is 400 g/mol. The van der Waals surface area contributed by atoms with Gasteiger partial charge < -0.3 is 5.32 Å². The summed E-state index contributed by atoms with van der Waals surface area (Å²) in [5.41, 5.74) is 1.55. The molecule has 0 fully saturated rings. The first-order valence-corrected chi connectivity index (χ1v) is 9.98. The standard InChI is InChI=1S/C19H14ClN3OS2/c20-13-6-7-17(26-15-4-2-1-3-5-15)16(10-13)21-12-14-11-18(24)23-8-9-25-19(23)22-14/h1-11,21H,12H2. The van der Waals surface area contributed by atoms with Gasteiger partial charge in [0.05, 0.1) is 12.2 Å². The molecule has 2 aromatic carbocycles. The van der Waals surface area contributed by atoms with Crippen LogP contribution >= 0.6 is 34.7 Å². The number of nitrogens with one attached hydrogen (secondary N) is 1. The molecule has 26 heavy (non-hydrogen) atoms. The van der Waals surface area contributed by atoms with Crippen molar-refractivity contribution >= 4 is 45.3 Å². The Bertz CT molecular complexity index is 1110. The van der Waals surface area contributed by atoms with Gasteiger partial charge in [0, 0.05) is 38.1 Å². The van der Waals surface area contributed by atoms with Crippen molar-refractivity contribution < 1.29 is 0 Å². The van der Waals surface area contributed by atoms with Crippen LogP contribution in [0.4, 0.5) is 5.69 Å². The number of fused-ring (bicyclic) bond motifs is 1. The molecule has 0 amide bonds. The van der Waals surface area contributed by atoms with Gasteiger partial charge in [-0.1, -0.05) is 41.6 Å². The van der Waals surface area contributed by atoms with Crippen molar-refractivity contribution in [2.45, 2.75) is 16.3 Å². The van der Waals surface area contributed by atoms with Gasteiger partial charge in [0.15, 0.2) is 4.96 Å². The second-order valence-electron chi connectivity index (χ2n) is 5.55. The summed E-state index contributed by atoms with van der Waals surface area (Å²) in [7, 11) is 0. The van der Waals surface area contributed by atoms with Gasteiger partial charge in [-0.2, -0.15) is 0 Å². The quantitative estimate of drug-likeness (QED) is 0.502. The third kappa shape index (κ3) is 3.77. The first-order chi connectivity index (χ1) is 12.7. The zero-order valence-corrected chi connectivity index (χ0v) is 15.9. The zero-order valence-electron chi connectivity index (χ0n) is 13.6. The van der Waals surface area contributed by atoms with E-state index in [1.165, 1.54) is 11.3 Å². The third-order valence-electron chi connectivity index (χ3n) is 3.73. The van der Waals surface area contributed by atoms with E-state index < -0.39 is 0 Å². The molecule has 4 rings (SSSR count). The van der Waals surface area contributed by atoms with Crippen molar-refractivity contribution in [2.24, 2.45) is 0 Å². The predicted octanol–water partition coefficient (Wildman–Crippen LogP) is 5.17. The number of benzene rings is 2. The van der Waals surface area contributed by atoms with Crippen molar-refractivity contribution in [1.29, 1.82) is 0 Å². The number of hydrogen-bond acceptors (Lipinski definition) is 5. The Labute approximate surface area is 163 Å². The van der Waals surface area contributed by atoms with Crippen LogP contribution in [0.3, 0.4) is 0 Å². The van der Waals surface area contributed by atoms with Crippen molar-refractivity contribution in [3.8, 4) is 0 Å². The van der Waals surface area contributed by atoms with Gasteiger partial charge in [-0.05, 0) is 30.3 Å². The van der Waals surface area contributed by atoms with Gasteiger partial charge in [0.1, 0.15) is 0 Å². The molecule has 0 aliphatic rings. The molecular formula is C19H14ClN3OS2. The zero-order chi connectivity index (χ0) is 17.9. The van der Waals surface area contributed by atoms with Crippen molar-refractivity contribution in [2.75, 3.05) is 5.32 Å². The van der Waals surface area contributed by atoms with Gasteiger partial charge in [0.2, 0.25) is 0 Å². The van der Waals surface area contributed by atoms with Crippen LogP contribution in [-0.4, -0.2) is 9.38 Å². The molecule has 2 aromatic heterocycles. The van der Waals surface area contributed by atoms with Crippen LogP contribution in [0.1, 0.15) is 5.69 Å². The number of anilines is 1. The Morgan fingerprint density at radius 2 is 2.00 bits per heavy atom. The minimum atomic E-state index is -0.0713. The Kier molecular flexibility index (Phi) is 4.97. The lowest BCUT2D eigenvalue weighted by molar-refractivity contribution is 0.986. The summed E-state index contributed by atoms with van der Waals surface area (Å²) in [6.07, 6.45) is 1.73. The van der Waals surface area contributed by atoms with Crippen LogP contribution in [0.2, 0.25) is 5.02 Å². The average Bonchev–Trinajstić information content (AvgIpc) is 3.12. The van der Waals surface area contributed by atoms with E-state index in [1.807, 2.05) is 41.8 Å². The van der Waals surface area contributed by atoms with E-state index >= 15 is 0 Å². The van der Waals surface area contributed by atoms with Crippen LogP contribution in [0.25, 0.3) is 4.96 Å². The van der Waals surface area contributed by atoms with Crippen molar-refractivity contribution in [1.82, 2.24) is 9.38 Å². The molecule has 0 aliphatic carbocycles. The summed E-state index contributed by atoms with van der Waals surface area (Å²) in [5, 5.41) is 5.88. The van der Waals surface area contributed by atoms with E-state index in [1.54, 1.807) is 28.4 Å². The molecule has 0 spiro atoms. The first-order valence-electron chi connectivity index (χ1n) is 7.91. The van der Waals surface area contributed by atoms with E-state index in [0.717, 1.165) is 15.5 Å². The molecule has 0 bridgehead atoms. The Hall–Kier alpha value is -2.28. The van der Waals surface area contributed by atoms with E-state index in [-0.39, 0.29) is 5.56 Å². The fourth-order valence-corrected chi connectivity index (χ4v) is 4.34. The van der Waals surface area contributed by atoms with Gasteiger partial charge in [-0.15, -0.1) is 11.3 Å². The molecule has 4 aromatic rings. The maximum absolute atomic E-state index is 12.1. The third-order valence-corrected chi connectivity index (χ3v) is 5.80. The van der Waals surface area contributed by atoms with Crippen LogP contribution < -0.4 is 10.9 Å². The SMILES string of the molecule is O=c1cc(CNc2cc(Cl)ccc2Sc2ccccc2)nc2sccn12. The van der Waals surface area contributed by atoms with Gasteiger partial charge in [-0.3, -0.25) is 9.20 Å². The van der Waals surface area contributed by atoms with E-state index in [2.05, 4.69) is 22.4 Å². The first kappa shape index (κ1) is 17.1. The molecule has 0 unspecified atom stereocenters. The van der Waals surface area contributed by atoms with E-state index in [0.29, 0.717) is 22.2 Å². The fraction of sp³-hybridized carbons (Fsp3) is 0.0526. The monoisotopic (exact) mass is 399 g/mol. The lowest BCUT2D eigenvalue weighted by Crippen LogP contribution is -2.14. The summed E-state index contributed by atoms with van der Waals surface area (Å²) in [6, 6.07) is 17.5. The predicted molar refractivity (Wildman–Crippen MR) is 109 cm³/mol. The van der Waals surface area contributed by atoms with E-state index in [4.69, 9.17) is 11.6 Å². The molecule has 0 saturated carbocycles. The number of halogens is 1. The Balaban J connectivity index is 1.58. The van der Waals surface area contributed by atoms with Crippen LogP contribution in [-0.2, 0) is 6.54 Å².